The second-order valence-electron chi connectivity index (χ2n) is 3.96. The van der Waals surface area contributed by atoms with Gasteiger partial charge in [0.05, 0.1) is 12.1 Å². The summed E-state index contributed by atoms with van der Waals surface area (Å²) in [5, 5.41) is 11.9. The molecule has 0 spiro atoms. The largest absolute Gasteiger partial charge is 0.445 e. The van der Waals surface area contributed by atoms with Crippen LogP contribution in [0.2, 0.25) is 0 Å². The molecular formula is C12H15NO3. The molecule has 86 valence electrons. The van der Waals surface area contributed by atoms with Gasteiger partial charge < -0.3 is 15.2 Å². The van der Waals surface area contributed by atoms with Crippen LogP contribution in [0, 0.1) is 0 Å². The van der Waals surface area contributed by atoms with E-state index in [1.54, 1.807) is 0 Å². The monoisotopic (exact) mass is 221 g/mol. The third-order valence-electron chi connectivity index (χ3n) is 2.75. The zero-order chi connectivity index (χ0) is 11.4. The lowest BCUT2D eigenvalue weighted by Gasteiger charge is -2.32. The van der Waals surface area contributed by atoms with Gasteiger partial charge in [0.25, 0.3) is 0 Å². The molecular weight excluding hydrogens is 206 g/mol. The minimum Gasteiger partial charge on any atom is -0.445 e. The molecule has 4 nitrogen and oxygen atoms in total. The summed E-state index contributed by atoms with van der Waals surface area (Å²) in [5.74, 6) is 0. The van der Waals surface area contributed by atoms with Crippen LogP contribution < -0.4 is 5.32 Å². The van der Waals surface area contributed by atoms with E-state index < -0.39 is 12.2 Å². The first-order valence-corrected chi connectivity index (χ1v) is 5.41. The number of nitrogens with one attached hydrogen (secondary N) is 1. The Hall–Kier alpha value is -1.55. The van der Waals surface area contributed by atoms with Gasteiger partial charge in [0.15, 0.2) is 0 Å². The average Bonchev–Trinajstić information content (AvgIpc) is 2.33. The van der Waals surface area contributed by atoms with Crippen LogP contribution in [0.25, 0.3) is 0 Å². The van der Waals surface area contributed by atoms with Crippen molar-refractivity contribution in [3.05, 3.63) is 35.9 Å². The summed E-state index contributed by atoms with van der Waals surface area (Å²) >= 11 is 0. The van der Waals surface area contributed by atoms with E-state index in [2.05, 4.69) is 5.32 Å². The fourth-order valence-electron chi connectivity index (χ4n) is 1.57. The van der Waals surface area contributed by atoms with E-state index in [9.17, 15) is 9.90 Å². The molecule has 0 aromatic heterocycles. The average molecular weight is 221 g/mol. The maximum absolute atomic E-state index is 11.3. The van der Waals surface area contributed by atoms with E-state index in [-0.39, 0.29) is 12.6 Å². The van der Waals surface area contributed by atoms with Crippen LogP contribution in [0.4, 0.5) is 4.79 Å². The molecule has 2 unspecified atom stereocenters. The molecule has 1 saturated carbocycles. The predicted octanol–water partition coefficient (Wildman–Crippen LogP) is 1.44. The van der Waals surface area contributed by atoms with E-state index in [0.717, 1.165) is 18.4 Å². The lowest BCUT2D eigenvalue weighted by atomic mass is 9.89. The van der Waals surface area contributed by atoms with Crippen LogP contribution in [0.15, 0.2) is 30.3 Å². The van der Waals surface area contributed by atoms with Crippen LogP contribution in [0.3, 0.4) is 0 Å². The van der Waals surface area contributed by atoms with Crippen LogP contribution in [0.5, 0.6) is 0 Å². The van der Waals surface area contributed by atoms with Crippen LogP contribution in [-0.4, -0.2) is 23.3 Å². The first-order chi connectivity index (χ1) is 7.75. The predicted molar refractivity (Wildman–Crippen MR) is 58.8 cm³/mol. The number of carbonyl (C=O) groups is 1. The number of rotatable bonds is 3. The van der Waals surface area contributed by atoms with E-state index in [1.807, 2.05) is 30.3 Å². The van der Waals surface area contributed by atoms with E-state index in [0.29, 0.717) is 0 Å². The van der Waals surface area contributed by atoms with Gasteiger partial charge in [0, 0.05) is 0 Å². The van der Waals surface area contributed by atoms with Crippen molar-refractivity contribution in [2.75, 3.05) is 0 Å². The van der Waals surface area contributed by atoms with Gasteiger partial charge in [-0.2, -0.15) is 0 Å². The van der Waals surface area contributed by atoms with Crippen molar-refractivity contribution in [1.82, 2.24) is 5.32 Å². The van der Waals surface area contributed by atoms with Crippen LogP contribution in [0.1, 0.15) is 18.4 Å². The Bertz CT molecular complexity index is 353. The summed E-state index contributed by atoms with van der Waals surface area (Å²) in [4.78, 5) is 11.3. The molecule has 1 aliphatic rings. The highest BCUT2D eigenvalue weighted by atomic mass is 16.5. The van der Waals surface area contributed by atoms with Crippen molar-refractivity contribution < 1.29 is 14.6 Å². The molecule has 0 aliphatic heterocycles. The highest BCUT2D eigenvalue weighted by Crippen LogP contribution is 2.19. The zero-order valence-corrected chi connectivity index (χ0v) is 8.93. The second-order valence-corrected chi connectivity index (χ2v) is 3.96. The molecule has 2 N–H and O–H groups in total. The number of benzene rings is 1. The number of hydrogen-bond donors (Lipinski definition) is 2. The Morgan fingerprint density at radius 2 is 2.12 bits per heavy atom. The number of carbonyl (C=O) groups excluding carboxylic acids is 1. The molecule has 0 bridgehead atoms. The van der Waals surface area contributed by atoms with Crippen molar-refractivity contribution in [2.24, 2.45) is 0 Å². The van der Waals surface area contributed by atoms with Gasteiger partial charge >= 0.3 is 6.09 Å². The summed E-state index contributed by atoms with van der Waals surface area (Å²) in [6, 6.07) is 9.35. The standard InChI is InChI=1S/C12H15NO3/c14-11-7-6-10(11)13-12(15)16-8-9-4-2-1-3-5-9/h1-5,10-11,14H,6-8H2,(H,13,15). The van der Waals surface area contributed by atoms with Crippen LogP contribution >= 0.6 is 0 Å². The molecule has 1 aromatic carbocycles. The molecule has 0 radical (unpaired) electrons. The maximum Gasteiger partial charge on any atom is 0.407 e. The number of aliphatic hydroxyl groups is 1. The SMILES string of the molecule is O=C(NC1CCC1O)OCc1ccccc1. The minimum atomic E-state index is -0.465. The third-order valence-corrected chi connectivity index (χ3v) is 2.75. The van der Waals surface area contributed by atoms with Crippen molar-refractivity contribution in [2.45, 2.75) is 31.6 Å². The molecule has 1 amide bonds. The van der Waals surface area contributed by atoms with E-state index in [4.69, 9.17) is 4.74 Å². The van der Waals surface area contributed by atoms with Crippen molar-refractivity contribution in [3.63, 3.8) is 0 Å². The quantitative estimate of drug-likeness (QED) is 0.811. The van der Waals surface area contributed by atoms with Crippen molar-refractivity contribution in [3.8, 4) is 0 Å². The van der Waals surface area contributed by atoms with Gasteiger partial charge in [0.1, 0.15) is 6.61 Å². The third kappa shape index (κ3) is 2.73. The van der Waals surface area contributed by atoms with Crippen molar-refractivity contribution in [1.29, 1.82) is 0 Å². The summed E-state index contributed by atoms with van der Waals surface area (Å²) in [6.07, 6.45) is 0.697. The summed E-state index contributed by atoms with van der Waals surface area (Å²) in [7, 11) is 0. The molecule has 2 atom stereocenters. The minimum absolute atomic E-state index is 0.136. The number of alkyl carbamates (subject to hydrolysis) is 1. The first-order valence-electron chi connectivity index (χ1n) is 5.41. The Morgan fingerprint density at radius 1 is 1.38 bits per heavy atom. The van der Waals surface area contributed by atoms with Crippen LogP contribution in [-0.2, 0) is 11.3 Å². The van der Waals surface area contributed by atoms with Crippen molar-refractivity contribution >= 4 is 6.09 Å². The van der Waals surface area contributed by atoms with Gasteiger partial charge in [-0.25, -0.2) is 4.79 Å². The molecule has 1 aromatic rings. The number of amides is 1. The number of aliphatic hydroxyl groups excluding tert-OH is 1. The lowest BCUT2D eigenvalue weighted by molar-refractivity contribution is 0.0440. The molecule has 1 fully saturated rings. The second kappa shape index (κ2) is 4.99. The Morgan fingerprint density at radius 3 is 2.69 bits per heavy atom. The van der Waals surface area contributed by atoms with Gasteiger partial charge in [-0.15, -0.1) is 0 Å². The molecule has 0 heterocycles. The zero-order valence-electron chi connectivity index (χ0n) is 8.93. The van der Waals surface area contributed by atoms with Gasteiger partial charge in [-0.3, -0.25) is 0 Å². The topological polar surface area (TPSA) is 58.6 Å². The Kier molecular flexibility index (Phi) is 3.41. The van der Waals surface area contributed by atoms with E-state index >= 15 is 0 Å². The fraction of sp³-hybridized carbons (Fsp3) is 0.417. The Balaban J connectivity index is 1.72. The molecule has 1 aliphatic carbocycles. The highest BCUT2D eigenvalue weighted by Gasteiger charge is 2.30. The molecule has 4 heteroatoms. The first kappa shape index (κ1) is 11.0. The molecule has 16 heavy (non-hydrogen) atoms. The van der Waals surface area contributed by atoms with E-state index in [1.165, 1.54) is 0 Å². The number of hydrogen-bond acceptors (Lipinski definition) is 3. The maximum atomic E-state index is 11.3. The Labute approximate surface area is 94.2 Å². The summed E-state index contributed by atoms with van der Waals surface area (Å²) in [5.41, 5.74) is 0.951. The van der Waals surface area contributed by atoms with Gasteiger partial charge in [-0.05, 0) is 18.4 Å². The summed E-state index contributed by atoms with van der Waals surface area (Å²) in [6.45, 7) is 0.259. The smallest absolute Gasteiger partial charge is 0.407 e. The normalized spacial score (nSPS) is 23.3. The molecule has 2 rings (SSSR count). The lowest BCUT2D eigenvalue weighted by Crippen LogP contribution is -2.50. The number of ether oxygens (including phenoxy) is 1. The fourth-order valence-corrected chi connectivity index (χ4v) is 1.57. The van der Waals surface area contributed by atoms with Gasteiger partial charge in [0.2, 0.25) is 0 Å². The molecule has 0 saturated heterocycles. The van der Waals surface area contributed by atoms with Gasteiger partial charge in [-0.1, -0.05) is 30.3 Å². The summed E-state index contributed by atoms with van der Waals surface area (Å²) < 4.78 is 5.02. The highest BCUT2D eigenvalue weighted by molar-refractivity contribution is 5.67.